The molecule has 1 saturated heterocycles. The molecule has 0 aromatic heterocycles. The smallest absolute Gasteiger partial charge is 0.234 e. The van der Waals surface area contributed by atoms with Crippen molar-refractivity contribution in [3.05, 3.63) is 54.1 Å². The summed E-state index contributed by atoms with van der Waals surface area (Å²) in [6, 6.07) is 16.0. The van der Waals surface area contributed by atoms with E-state index in [0.29, 0.717) is 26.2 Å². The van der Waals surface area contributed by atoms with Crippen LogP contribution < -0.4 is 19.7 Å². The summed E-state index contributed by atoms with van der Waals surface area (Å²) in [5.74, 6) is 1.45. The van der Waals surface area contributed by atoms with E-state index in [-0.39, 0.29) is 12.0 Å². The van der Waals surface area contributed by atoms with Crippen LogP contribution in [-0.4, -0.2) is 70.0 Å². The Morgan fingerprint density at radius 1 is 1.10 bits per heavy atom. The van der Waals surface area contributed by atoms with Gasteiger partial charge in [0.15, 0.2) is 11.5 Å². The summed E-state index contributed by atoms with van der Waals surface area (Å²) in [5.41, 5.74) is 2.44. The van der Waals surface area contributed by atoms with Crippen LogP contribution in [0.3, 0.4) is 0 Å². The van der Waals surface area contributed by atoms with Crippen LogP contribution >= 0.6 is 0 Å². The first kappa shape index (κ1) is 20.5. The van der Waals surface area contributed by atoms with Crippen LogP contribution in [0.5, 0.6) is 11.5 Å². The molecular weight excluding hydrogens is 382 g/mol. The first-order valence-electron chi connectivity index (χ1n) is 10.4. The average Bonchev–Trinajstić information content (AvgIpc) is 2.78. The highest BCUT2D eigenvalue weighted by Crippen LogP contribution is 2.30. The largest absolute Gasteiger partial charge is 0.486 e. The fourth-order valence-corrected chi connectivity index (χ4v) is 3.80. The van der Waals surface area contributed by atoms with Crippen molar-refractivity contribution in [2.75, 3.05) is 57.9 Å². The van der Waals surface area contributed by atoms with E-state index in [2.05, 4.69) is 28.4 Å². The molecule has 30 heavy (non-hydrogen) atoms. The predicted molar refractivity (Wildman–Crippen MR) is 115 cm³/mol. The number of anilines is 1. The molecule has 0 saturated carbocycles. The third-order valence-corrected chi connectivity index (χ3v) is 5.29. The maximum atomic E-state index is 12.4. The van der Waals surface area contributed by atoms with E-state index >= 15 is 0 Å². The van der Waals surface area contributed by atoms with Gasteiger partial charge in [-0.05, 0) is 30.8 Å². The zero-order valence-electron chi connectivity index (χ0n) is 17.4. The van der Waals surface area contributed by atoms with Gasteiger partial charge < -0.3 is 24.4 Å². The maximum Gasteiger partial charge on any atom is 0.234 e. The third kappa shape index (κ3) is 5.23. The standard InChI is InChI=1S/C23H29N3O4/c1-25(15-18-6-2-3-7-20(18)26-10-12-28-13-11-26)16-23(27)24-14-19-17-29-21-8-4-5-9-22(21)30-19/h2-9,19H,10-17H2,1H3,(H,24,27). The normalized spacial score (nSPS) is 18.3. The molecule has 160 valence electrons. The summed E-state index contributed by atoms with van der Waals surface area (Å²) in [6.45, 7) is 5.18. The van der Waals surface area contributed by atoms with E-state index in [1.165, 1.54) is 11.3 Å². The van der Waals surface area contributed by atoms with Gasteiger partial charge in [0, 0.05) is 25.3 Å². The molecule has 2 aliphatic heterocycles. The number of para-hydroxylation sites is 3. The summed E-state index contributed by atoms with van der Waals surface area (Å²) >= 11 is 0. The fraction of sp³-hybridized carbons (Fsp3) is 0.435. The van der Waals surface area contributed by atoms with Crippen molar-refractivity contribution in [1.82, 2.24) is 10.2 Å². The van der Waals surface area contributed by atoms with Crippen molar-refractivity contribution in [2.45, 2.75) is 12.6 Å². The number of hydrogen-bond acceptors (Lipinski definition) is 6. The number of carbonyl (C=O) groups excluding carboxylic acids is 1. The van der Waals surface area contributed by atoms with Crippen LogP contribution in [0, 0.1) is 0 Å². The number of fused-ring (bicyclic) bond motifs is 1. The average molecular weight is 412 g/mol. The molecule has 0 radical (unpaired) electrons. The lowest BCUT2D eigenvalue weighted by Gasteiger charge is -2.31. The molecule has 7 heteroatoms. The number of amides is 1. The lowest BCUT2D eigenvalue weighted by Crippen LogP contribution is -2.43. The molecule has 0 bridgehead atoms. The second-order valence-corrected chi connectivity index (χ2v) is 7.70. The highest BCUT2D eigenvalue weighted by atomic mass is 16.6. The topological polar surface area (TPSA) is 63.3 Å². The van der Waals surface area contributed by atoms with Crippen LogP contribution in [-0.2, 0) is 16.1 Å². The van der Waals surface area contributed by atoms with E-state index in [0.717, 1.165) is 37.8 Å². The Bertz CT molecular complexity index is 854. The molecule has 2 aromatic carbocycles. The second kappa shape index (κ2) is 9.82. The van der Waals surface area contributed by atoms with Crippen LogP contribution in [0.4, 0.5) is 5.69 Å². The van der Waals surface area contributed by atoms with Crippen LogP contribution in [0.1, 0.15) is 5.56 Å². The van der Waals surface area contributed by atoms with Crippen molar-refractivity contribution >= 4 is 11.6 Å². The van der Waals surface area contributed by atoms with Crippen molar-refractivity contribution in [3.8, 4) is 11.5 Å². The van der Waals surface area contributed by atoms with Crippen LogP contribution in [0.15, 0.2) is 48.5 Å². The second-order valence-electron chi connectivity index (χ2n) is 7.70. The number of carbonyl (C=O) groups is 1. The molecule has 1 atom stereocenters. The molecule has 2 heterocycles. The van der Waals surface area contributed by atoms with Crippen LogP contribution in [0.2, 0.25) is 0 Å². The molecule has 1 amide bonds. The molecule has 1 fully saturated rings. The monoisotopic (exact) mass is 411 g/mol. The summed E-state index contributed by atoms with van der Waals surface area (Å²) in [5, 5.41) is 2.97. The van der Waals surface area contributed by atoms with Gasteiger partial charge in [0.1, 0.15) is 12.7 Å². The number of benzene rings is 2. The fourth-order valence-electron chi connectivity index (χ4n) is 3.80. The van der Waals surface area contributed by atoms with Gasteiger partial charge in [0.2, 0.25) is 5.91 Å². The van der Waals surface area contributed by atoms with Crippen molar-refractivity contribution < 1.29 is 19.0 Å². The van der Waals surface area contributed by atoms with Gasteiger partial charge in [-0.2, -0.15) is 0 Å². The molecule has 2 aromatic rings. The lowest BCUT2D eigenvalue weighted by atomic mass is 10.1. The molecule has 1 N–H and O–H groups in total. The number of nitrogens with one attached hydrogen (secondary N) is 1. The van der Waals surface area contributed by atoms with E-state index in [9.17, 15) is 4.79 Å². The number of likely N-dealkylation sites (N-methyl/N-ethyl adjacent to an activating group) is 1. The first-order valence-corrected chi connectivity index (χ1v) is 10.4. The third-order valence-electron chi connectivity index (χ3n) is 5.29. The summed E-state index contributed by atoms with van der Waals surface area (Å²) in [6.07, 6.45) is -0.184. The SMILES string of the molecule is CN(CC(=O)NCC1COc2ccccc2O1)Cc1ccccc1N1CCOCC1. The molecule has 4 rings (SSSR count). The van der Waals surface area contributed by atoms with Gasteiger partial charge in [-0.25, -0.2) is 0 Å². The zero-order chi connectivity index (χ0) is 20.8. The van der Waals surface area contributed by atoms with Gasteiger partial charge in [-0.1, -0.05) is 30.3 Å². The molecule has 0 spiro atoms. The Hall–Kier alpha value is -2.77. The number of rotatable bonds is 7. The minimum Gasteiger partial charge on any atom is -0.486 e. The van der Waals surface area contributed by atoms with Gasteiger partial charge in [-0.3, -0.25) is 9.69 Å². The summed E-state index contributed by atoms with van der Waals surface area (Å²) in [7, 11) is 1.96. The summed E-state index contributed by atoms with van der Waals surface area (Å²) in [4.78, 5) is 16.8. The van der Waals surface area contributed by atoms with Gasteiger partial charge in [0.05, 0.1) is 26.3 Å². The lowest BCUT2D eigenvalue weighted by molar-refractivity contribution is -0.122. The zero-order valence-corrected chi connectivity index (χ0v) is 17.4. The molecule has 2 aliphatic rings. The number of ether oxygens (including phenoxy) is 3. The minimum atomic E-state index is -0.184. The Morgan fingerprint density at radius 3 is 2.67 bits per heavy atom. The van der Waals surface area contributed by atoms with E-state index in [4.69, 9.17) is 14.2 Å². The minimum absolute atomic E-state index is 0.0242. The Morgan fingerprint density at radius 2 is 1.83 bits per heavy atom. The Kier molecular flexibility index (Phi) is 6.71. The van der Waals surface area contributed by atoms with E-state index in [1.807, 2.05) is 42.3 Å². The number of hydrogen-bond donors (Lipinski definition) is 1. The van der Waals surface area contributed by atoms with Crippen molar-refractivity contribution in [1.29, 1.82) is 0 Å². The number of morpholine rings is 1. The Labute approximate surface area is 177 Å². The van der Waals surface area contributed by atoms with Gasteiger partial charge >= 0.3 is 0 Å². The van der Waals surface area contributed by atoms with E-state index in [1.54, 1.807) is 0 Å². The van der Waals surface area contributed by atoms with Gasteiger partial charge in [0.25, 0.3) is 0 Å². The Balaban J connectivity index is 1.26. The van der Waals surface area contributed by atoms with Crippen molar-refractivity contribution in [2.24, 2.45) is 0 Å². The molecule has 0 aliphatic carbocycles. The predicted octanol–water partition coefficient (Wildman–Crippen LogP) is 1.91. The molecule has 7 nitrogen and oxygen atoms in total. The number of nitrogens with zero attached hydrogens (tertiary/aromatic N) is 2. The highest BCUT2D eigenvalue weighted by Gasteiger charge is 2.21. The highest BCUT2D eigenvalue weighted by molar-refractivity contribution is 5.78. The molecular formula is C23H29N3O4. The maximum absolute atomic E-state index is 12.4. The quantitative estimate of drug-likeness (QED) is 0.751. The molecule has 1 unspecified atom stereocenters. The van der Waals surface area contributed by atoms with Gasteiger partial charge in [-0.15, -0.1) is 0 Å². The summed E-state index contributed by atoms with van der Waals surface area (Å²) < 4.78 is 17.1. The van der Waals surface area contributed by atoms with Crippen molar-refractivity contribution in [3.63, 3.8) is 0 Å². The van der Waals surface area contributed by atoms with Crippen LogP contribution in [0.25, 0.3) is 0 Å². The van der Waals surface area contributed by atoms with E-state index < -0.39 is 0 Å². The first-order chi connectivity index (χ1) is 14.7.